The molecule has 1 N–H and O–H groups in total. The lowest BCUT2D eigenvalue weighted by Gasteiger charge is -2.07. The number of halogens is 1. The molecule has 3 heterocycles. The van der Waals surface area contributed by atoms with Crippen molar-refractivity contribution in [1.82, 2.24) is 14.5 Å². The van der Waals surface area contributed by atoms with Crippen LogP contribution in [-0.2, 0) is 11.3 Å². The first-order valence-corrected chi connectivity index (χ1v) is 9.01. The Hall–Kier alpha value is -2.58. The largest absolute Gasteiger partial charge is 0.325 e. The molecule has 6 nitrogen and oxygen atoms in total. The van der Waals surface area contributed by atoms with Gasteiger partial charge in [-0.3, -0.25) is 14.2 Å². The van der Waals surface area contributed by atoms with Crippen molar-refractivity contribution in [3.8, 4) is 0 Å². The first-order valence-electron chi connectivity index (χ1n) is 7.40. The fourth-order valence-electron chi connectivity index (χ4n) is 2.50. The van der Waals surface area contributed by atoms with E-state index in [1.54, 1.807) is 18.3 Å². The minimum atomic E-state index is -0.287. The second-order valence-electron chi connectivity index (χ2n) is 5.37. The summed E-state index contributed by atoms with van der Waals surface area (Å²) in [5.74, 6) is -0.287. The predicted octanol–water partition coefficient (Wildman–Crippen LogP) is 3.41. The molecule has 0 spiro atoms. The molecular formula is C17H11BrN4O2S. The van der Waals surface area contributed by atoms with Crippen molar-refractivity contribution in [3.63, 3.8) is 0 Å². The van der Waals surface area contributed by atoms with Gasteiger partial charge >= 0.3 is 0 Å². The maximum atomic E-state index is 12.7. The quantitative estimate of drug-likeness (QED) is 0.557. The number of pyridine rings is 1. The lowest BCUT2D eigenvalue weighted by molar-refractivity contribution is -0.116. The topological polar surface area (TPSA) is 76.9 Å². The molecule has 3 aromatic heterocycles. The number of benzene rings is 1. The second-order valence-corrected chi connectivity index (χ2v) is 7.28. The van der Waals surface area contributed by atoms with Gasteiger partial charge in [-0.15, -0.1) is 11.3 Å². The molecule has 0 bridgehead atoms. The Labute approximate surface area is 154 Å². The maximum absolute atomic E-state index is 12.7. The molecule has 0 saturated heterocycles. The fourth-order valence-corrected chi connectivity index (χ4v) is 3.81. The van der Waals surface area contributed by atoms with Crippen LogP contribution in [0, 0.1) is 0 Å². The van der Waals surface area contributed by atoms with Gasteiger partial charge in [0.05, 0.1) is 11.8 Å². The Kier molecular flexibility index (Phi) is 4.06. The summed E-state index contributed by atoms with van der Waals surface area (Å²) in [6, 6.07) is 10.9. The Bertz CT molecular complexity index is 1150. The van der Waals surface area contributed by atoms with Crippen LogP contribution in [0.1, 0.15) is 0 Å². The number of amides is 1. The highest BCUT2D eigenvalue weighted by Gasteiger charge is 2.13. The number of hydrogen-bond donors (Lipinski definition) is 1. The van der Waals surface area contributed by atoms with E-state index in [4.69, 9.17) is 0 Å². The van der Waals surface area contributed by atoms with E-state index >= 15 is 0 Å². The van der Waals surface area contributed by atoms with Crippen molar-refractivity contribution in [1.29, 1.82) is 0 Å². The van der Waals surface area contributed by atoms with Gasteiger partial charge in [0.1, 0.15) is 16.1 Å². The van der Waals surface area contributed by atoms with Gasteiger partial charge < -0.3 is 5.32 Å². The van der Waals surface area contributed by atoms with Crippen molar-refractivity contribution < 1.29 is 4.79 Å². The number of carbonyl (C=O) groups is 1. The molecule has 0 aliphatic rings. The van der Waals surface area contributed by atoms with Crippen molar-refractivity contribution in [2.75, 3.05) is 5.32 Å². The van der Waals surface area contributed by atoms with Crippen LogP contribution in [0.25, 0.3) is 20.4 Å². The molecule has 124 valence electrons. The summed E-state index contributed by atoms with van der Waals surface area (Å²) in [6.07, 6.45) is 3.09. The summed E-state index contributed by atoms with van der Waals surface area (Å²) < 4.78 is 2.74. The van der Waals surface area contributed by atoms with Crippen LogP contribution < -0.4 is 10.9 Å². The van der Waals surface area contributed by atoms with Crippen molar-refractivity contribution in [2.45, 2.75) is 6.54 Å². The zero-order valence-corrected chi connectivity index (χ0v) is 15.2. The van der Waals surface area contributed by atoms with Crippen molar-refractivity contribution >= 4 is 59.3 Å². The summed E-state index contributed by atoms with van der Waals surface area (Å²) in [5.41, 5.74) is 1.06. The highest BCUT2D eigenvalue weighted by atomic mass is 79.9. The van der Waals surface area contributed by atoms with E-state index in [-0.39, 0.29) is 18.0 Å². The van der Waals surface area contributed by atoms with Crippen LogP contribution in [0.4, 0.5) is 5.69 Å². The van der Waals surface area contributed by atoms with Gasteiger partial charge in [-0.25, -0.2) is 9.97 Å². The zero-order chi connectivity index (χ0) is 17.4. The fraction of sp³-hybridized carbons (Fsp3) is 0.0588. The molecule has 0 fully saturated rings. The highest BCUT2D eigenvalue weighted by molar-refractivity contribution is 9.10. The predicted molar refractivity (Wildman–Crippen MR) is 102 cm³/mol. The molecule has 0 aliphatic heterocycles. The maximum Gasteiger partial charge on any atom is 0.271 e. The number of aromatic nitrogens is 3. The summed E-state index contributed by atoms with van der Waals surface area (Å²) in [7, 11) is 0. The number of rotatable bonds is 3. The molecule has 8 heteroatoms. The second kappa shape index (κ2) is 6.38. The van der Waals surface area contributed by atoms with E-state index in [0.29, 0.717) is 15.9 Å². The Morgan fingerprint density at radius 1 is 1.20 bits per heavy atom. The lowest BCUT2D eigenvalue weighted by atomic mass is 10.3. The summed E-state index contributed by atoms with van der Waals surface area (Å²) in [5, 5.41) is 3.62. The Balaban J connectivity index is 1.64. The van der Waals surface area contributed by atoms with Crippen LogP contribution in [0.5, 0.6) is 0 Å². The molecule has 0 aliphatic carbocycles. The molecule has 0 unspecified atom stereocenters. The molecule has 1 aromatic carbocycles. The van der Waals surface area contributed by atoms with E-state index in [9.17, 15) is 9.59 Å². The number of nitrogens with zero attached hydrogens (tertiary/aromatic N) is 3. The van der Waals surface area contributed by atoms with E-state index in [2.05, 4.69) is 31.2 Å². The van der Waals surface area contributed by atoms with E-state index in [1.165, 1.54) is 22.2 Å². The SMILES string of the molecule is O=C(Cn1cnc2c(sc3ncccc32)c1=O)Nc1ccc(Br)cc1. The molecule has 0 saturated carbocycles. The normalized spacial score (nSPS) is 11.1. The first kappa shape index (κ1) is 15.9. The van der Waals surface area contributed by atoms with Crippen LogP contribution >= 0.6 is 27.3 Å². The van der Waals surface area contributed by atoms with Crippen LogP contribution in [0.2, 0.25) is 0 Å². The van der Waals surface area contributed by atoms with Gasteiger partial charge in [0, 0.05) is 21.7 Å². The average Bonchev–Trinajstić information content (AvgIpc) is 2.99. The van der Waals surface area contributed by atoms with Gasteiger partial charge in [-0.1, -0.05) is 15.9 Å². The standard InChI is InChI=1S/C17H11BrN4O2S/c18-10-3-5-11(6-4-10)21-13(23)8-22-9-20-14-12-2-1-7-19-16(12)25-15(14)17(22)24/h1-7,9H,8H2,(H,21,23). The number of nitrogens with one attached hydrogen (secondary N) is 1. The van der Waals surface area contributed by atoms with Gasteiger partial charge in [0.2, 0.25) is 5.91 Å². The molecule has 4 rings (SSSR count). The summed E-state index contributed by atoms with van der Waals surface area (Å²) in [4.78, 5) is 34.2. The van der Waals surface area contributed by atoms with E-state index < -0.39 is 0 Å². The number of carbonyl (C=O) groups excluding carboxylic acids is 1. The number of anilines is 1. The van der Waals surface area contributed by atoms with Gasteiger partial charge in [0.25, 0.3) is 5.56 Å². The Morgan fingerprint density at radius 2 is 2.00 bits per heavy atom. The van der Waals surface area contributed by atoms with Crippen molar-refractivity contribution in [3.05, 3.63) is 63.7 Å². The minimum Gasteiger partial charge on any atom is -0.325 e. The first-order chi connectivity index (χ1) is 12.1. The van der Waals surface area contributed by atoms with E-state index in [1.807, 2.05) is 24.3 Å². The number of thiophene rings is 1. The minimum absolute atomic E-state index is 0.0977. The molecule has 0 atom stereocenters. The Morgan fingerprint density at radius 3 is 2.80 bits per heavy atom. The monoisotopic (exact) mass is 414 g/mol. The van der Waals surface area contributed by atoms with Crippen LogP contribution in [0.15, 0.2) is 58.2 Å². The zero-order valence-electron chi connectivity index (χ0n) is 12.8. The number of fused-ring (bicyclic) bond motifs is 3. The molecular weight excluding hydrogens is 404 g/mol. The molecule has 0 radical (unpaired) electrons. The van der Waals surface area contributed by atoms with Crippen molar-refractivity contribution in [2.24, 2.45) is 0 Å². The highest BCUT2D eigenvalue weighted by Crippen LogP contribution is 2.27. The smallest absolute Gasteiger partial charge is 0.271 e. The summed E-state index contributed by atoms with van der Waals surface area (Å²) >= 11 is 4.63. The van der Waals surface area contributed by atoms with Crippen LogP contribution in [0.3, 0.4) is 0 Å². The summed E-state index contributed by atoms with van der Waals surface area (Å²) in [6.45, 7) is -0.0977. The van der Waals surface area contributed by atoms with Gasteiger partial charge in [-0.2, -0.15) is 0 Å². The third kappa shape index (κ3) is 3.06. The lowest BCUT2D eigenvalue weighted by Crippen LogP contribution is -2.27. The molecule has 4 aromatic rings. The van der Waals surface area contributed by atoms with Crippen LogP contribution in [-0.4, -0.2) is 20.4 Å². The molecule has 1 amide bonds. The van der Waals surface area contributed by atoms with Gasteiger partial charge in [0.15, 0.2) is 0 Å². The van der Waals surface area contributed by atoms with Gasteiger partial charge in [-0.05, 0) is 36.4 Å². The average molecular weight is 415 g/mol. The van der Waals surface area contributed by atoms with E-state index in [0.717, 1.165) is 14.7 Å². The third-order valence-corrected chi connectivity index (χ3v) is 5.28. The number of hydrogen-bond acceptors (Lipinski definition) is 5. The third-order valence-electron chi connectivity index (χ3n) is 3.66. The molecule has 25 heavy (non-hydrogen) atoms.